The number of aliphatic carboxylic acids is 1. The normalized spacial score (nSPS) is 35.9. The minimum absolute atomic E-state index is 0.417. The molecule has 2 bridgehead atoms. The molecule has 0 aromatic carbocycles. The molecule has 0 spiro atoms. The van der Waals surface area contributed by atoms with Gasteiger partial charge < -0.3 is 10.2 Å². The van der Waals surface area contributed by atoms with Crippen molar-refractivity contribution >= 4 is 5.97 Å². The molecule has 0 heterocycles. The van der Waals surface area contributed by atoms with Gasteiger partial charge in [-0.1, -0.05) is 13.8 Å². The predicted molar refractivity (Wildman–Crippen MR) is 58.5 cm³/mol. The smallest absolute Gasteiger partial charge is 0.300 e. The third-order valence-electron chi connectivity index (χ3n) is 4.24. The van der Waals surface area contributed by atoms with Crippen LogP contribution in [0.2, 0.25) is 0 Å². The summed E-state index contributed by atoms with van der Waals surface area (Å²) in [5.74, 6) is 1.58. The number of hydrogen-bond acceptors (Lipinski definition) is 2. The first-order valence-electron chi connectivity index (χ1n) is 5.70. The molecule has 3 fully saturated rings. The van der Waals surface area contributed by atoms with Crippen LogP contribution in [0.25, 0.3) is 0 Å². The highest BCUT2D eigenvalue weighted by molar-refractivity contribution is 5.62. The Bertz CT molecular complexity index is 229. The third-order valence-corrected chi connectivity index (χ3v) is 4.24. The first kappa shape index (κ1) is 12.5. The molecule has 2 N–H and O–H groups in total. The summed E-state index contributed by atoms with van der Waals surface area (Å²) >= 11 is 0. The van der Waals surface area contributed by atoms with E-state index in [1.54, 1.807) is 0 Å². The van der Waals surface area contributed by atoms with Crippen LogP contribution in [0.5, 0.6) is 0 Å². The van der Waals surface area contributed by atoms with Gasteiger partial charge in [-0.05, 0) is 42.4 Å². The van der Waals surface area contributed by atoms with Gasteiger partial charge in [0.1, 0.15) is 0 Å². The zero-order chi connectivity index (χ0) is 11.6. The summed E-state index contributed by atoms with van der Waals surface area (Å²) in [5, 5.41) is 16.5. The van der Waals surface area contributed by atoms with E-state index in [0.29, 0.717) is 17.9 Å². The van der Waals surface area contributed by atoms with Crippen LogP contribution >= 0.6 is 0 Å². The lowest BCUT2D eigenvalue weighted by molar-refractivity contribution is -0.134. The van der Waals surface area contributed by atoms with Crippen LogP contribution in [0.1, 0.15) is 40.0 Å². The van der Waals surface area contributed by atoms with Crippen LogP contribution in [0, 0.1) is 23.2 Å². The highest BCUT2D eigenvalue weighted by atomic mass is 16.4. The molecule has 3 saturated carbocycles. The third kappa shape index (κ3) is 2.51. The van der Waals surface area contributed by atoms with Crippen molar-refractivity contribution in [3.8, 4) is 0 Å². The van der Waals surface area contributed by atoms with E-state index >= 15 is 0 Å². The topological polar surface area (TPSA) is 57.5 Å². The summed E-state index contributed by atoms with van der Waals surface area (Å²) in [7, 11) is 0. The molecule has 3 rings (SSSR count). The Morgan fingerprint density at radius 1 is 1.40 bits per heavy atom. The molecule has 3 heteroatoms. The summed E-state index contributed by atoms with van der Waals surface area (Å²) < 4.78 is 0. The molecule has 3 aliphatic rings. The number of aliphatic hydroxyl groups excluding tert-OH is 1. The minimum Gasteiger partial charge on any atom is -0.481 e. The number of carbonyl (C=O) groups is 1. The lowest BCUT2D eigenvalue weighted by atomic mass is 9.46. The number of carboxylic acids is 1. The summed E-state index contributed by atoms with van der Waals surface area (Å²) in [6, 6.07) is 0. The zero-order valence-corrected chi connectivity index (χ0v) is 9.86. The number of rotatable bonds is 1. The summed E-state index contributed by atoms with van der Waals surface area (Å²) in [6.07, 6.45) is 4.02. The minimum atomic E-state index is -0.833. The monoisotopic (exact) mass is 214 g/mol. The van der Waals surface area contributed by atoms with E-state index in [0.717, 1.165) is 18.8 Å². The first-order chi connectivity index (χ1) is 6.89. The van der Waals surface area contributed by atoms with Crippen LogP contribution in [0.4, 0.5) is 0 Å². The van der Waals surface area contributed by atoms with Crippen molar-refractivity contribution in [2.24, 2.45) is 23.2 Å². The molecule has 0 amide bonds. The molecular weight excluding hydrogens is 192 g/mol. The van der Waals surface area contributed by atoms with E-state index in [9.17, 15) is 0 Å². The van der Waals surface area contributed by atoms with Crippen molar-refractivity contribution in [2.45, 2.75) is 40.0 Å². The van der Waals surface area contributed by atoms with Gasteiger partial charge in [-0.25, -0.2) is 0 Å². The Kier molecular flexibility index (Phi) is 3.77. The van der Waals surface area contributed by atoms with Gasteiger partial charge in [-0.3, -0.25) is 4.79 Å². The highest BCUT2D eigenvalue weighted by Gasteiger charge is 2.53. The lowest BCUT2D eigenvalue weighted by Gasteiger charge is -2.59. The fourth-order valence-electron chi connectivity index (χ4n) is 3.18. The zero-order valence-electron chi connectivity index (χ0n) is 9.86. The largest absolute Gasteiger partial charge is 0.481 e. The molecule has 3 atom stereocenters. The number of hydrogen-bond donors (Lipinski definition) is 2. The van der Waals surface area contributed by atoms with Crippen LogP contribution in [-0.4, -0.2) is 22.8 Å². The quantitative estimate of drug-likeness (QED) is 0.703. The van der Waals surface area contributed by atoms with E-state index in [-0.39, 0.29) is 0 Å². The van der Waals surface area contributed by atoms with Crippen LogP contribution < -0.4 is 0 Å². The maximum Gasteiger partial charge on any atom is 0.300 e. The number of carboxylic acid groups (broad SMARTS) is 1. The second-order valence-electron chi connectivity index (χ2n) is 5.40. The summed E-state index contributed by atoms with van der Waals surface area (Å²) in [5.41, 5.74) is 0.547. The van der Waals surface area contributed by atoms with Crippen molar-refractivity contribution in [1.29, 1.82) is 0 Å². The Morgan fingerprint density at radius 3 is 2.20 bits per heavy atom. The van der Waals surface area contributed by atoms with Crippen LogP contribution in [0.3, 0.4) is 0 Å². The fourth-order valence-corrected chi connectivity index (χ4v) is 3.18. The van der Waals surface area contributed by atoms with Gasteiger partial charge in [0, 0.05) is 13.5 Å². The average molecular weight is 214 g/mol. The summed E-state index contributed by atoms with van der Waals surface area (Å²) in [6.45, 7) is 6.24. The average Bonchev–Trinajstić information content (AvgIpc) is 2.16. The van der Waals surface area contributed by atoms with E-state index in [1.807, 2.05) is 0 Å². The van der Waals surface area contributed by atoms with E-state index < -0.39 is 5.97 Å². The van der Waals surface area contributed by atoms with E-state index in [2.05, 4.69) is 13.8 Å². The second-order valence-corrected chi connectivity index (χ2v) is 5.40. The summed E-state index contributed by atoms with van der Waals surface area (Å²) in [4.78, 5) is 9.00. The number of fused-ring (bicyclic) bond motifs is 2. The van der Waals surface area contributed by atoms with Gasteiger partial charge in [0.05, 0.1) is 0 Å². The lowest BCUT2D eigenvalue weighted by Crippen LogP contribution is -2.53. The molecule has 0 aromatic heterocycles. The SMILES string of the molecule is CC(=O)O.CC1(C)[C@H]2CC[C@@H](CO)[C@@H]1C2. The molecule has 0 saturated heterocycles. The molecule has 3 aliphatic carbocycles. The Morgan fingerprint density at radius 2 is 1.93 bits per heavy atom. The van der Waals surface area contributed by atoms with Gasteiger partial charge in [-0.15, -0.1) is 0 Å². The number of aliphatic hydroxyl groups is 1. The van der Waals surface area contributed by atoms with Gasteiger partial charge in [-0.2, -0.15) is 0 Å². The molecule has 0 radical (unpaired) electrons. The molecule has 15 heavy (non-hydrogen) atoms. The van der Waals surface area contributed by atoms with Gasteiger partial charge >= 0.3 is 0 Å². The van der Waals surface area contributed by atoms with Gasteiger partial charge in [0.2, 0.25) is 0 Å². The maximum absolute atomic E-state index is 9.12. The van der Waals surface area contributed by atoms with Crippen molar-refractivity contribution in [3.05, 3.63) is 0 Å². The molecule has 88 valence electrons. The van der Waals surface area contributed by atoms with E-state index in [1.165, 1.54) is 19.3 Å². The molecular formula is C12H22O3. The van der Waals surface area contributed by atoms with Crippen LogP contribution in [-0.2, 0) is 4.79 Å². The Balaban J connectivity index is 0.000000245. The van der Waals surface area contributed by atoms with Crippen molar-refractivity contribution in [3.63, 3.8) is 0 Å². The van der Waals surface area contributed by atoms with Crippen molar-refractivity contribution < 1.29 is 15.0 Å². The van der Waals surface area contributed by atoms with E-state index in [4.69, 9.17) is 15.0 Å². The second kappa shape index (κ2) is 4.52. The predicted octanol–water partition coefficient (Wildman–Crippen LogP) is 2.14. The van der Waals surface area contributed by atoms with Crippen molar-refractivity contribution in [2.75, 3.05) is 6.61 Å². The molecule has 3 nitrogen and oxygen atoms in total. The Labute approximate surface area is 91.5 Å². The van der Waals surface area contributed by atoms with Gasteiger partial charge in [0.15, 0.2) is 0 Å². The molecule has 0 aliphatic heterocycles. The maximum atomic E-state index is 9.12. The Hall–Kier alpha value is -0.570. The van der Waals surface area contributed by atoms with Gasteiger partial charge in [0.25, 0.3) is 5.97 Å². The molecule has 0 unspecified atom stereocenters. The van der Waals surface area contributed by atoms with Crippen molar-refractivity contribution in [1.82, 2.24) is 0 Å². The highest BCUT2D eigenvalue weighted by Crippen LogP contribution is 2.61. The molecule has 0 aromatic rings. The first-order valence-corrected chi connectivity index (χ1v) is 5.70. The fraction of sp³-hybridized carbons (Fsp3) is 0.917. The van der Waals surface area contributed by atoms with Crippen LogP contribution in [0.15, 0.2) is 0 Å². The standard InChI is InChI=1S/C10H18O.C2H4O2/c1-10(2)8-4-3-7(6-11)9(10)5-8;1-2(3)4/h7-9,11H,3-6H2,1-2H3;1H3,(H,3,4)/t7-,8-,9-;/m0./s1.